The number of carboxylic acids is 1. The van der Waals surface area contributed by atoms with E-state index >= 15 is 0 Å². The van der Waals surface area contributed by atoms with Crippen LogP contribution in [0.15, 0.2) is 24.3 Å². The summed E-state index contributed by atoms with van der Waals surface area (Å²) in [6, 6.07) is 6.10. The highest BCUT2D eigenvalue weighted by Crippen LogP contribution is 2.35. The van der Waals surface area contributed by atoms with Gasteiger partial charge in [0.25, 0.3) is 0 Å². The number of anilines is 1. The molecule has 1 aliphatic carbocycles. The summed E-state index contributed by atoms with van der Waals surface area (Å²) < 4.78 is 11.6. The quantitative estimate of drug-likeness (QED) is 0.682. The molecule has 2 aliphatic rings. The third-order valence-corrected chi connectivity index (χ3v) is 6.71. The number of carbonyl (C=O) groups is 1. The Morgan fingerprint density at radius 1 is 1.30 bits per heavy atom. The minimum absolute atomic E-state index is 0.158. The van der Waals surface area contributed by atoms with E-state index in [9.17, 15) is 4.79 Å². The van der Waals surface area contributed by atoms with Crippen LogP contribution >= 0.6 is 11.3 Å². The van der Waals surface area contributed by atoms with Crippen molar-refractivity contribution in [2.75, 3.05) is 37.8 Å². The van der Waals surface area contributed by atoms with Gasteiger partial charge in [-0.15, -0.1) is 11.3 Å². The van der Waals surface area contributed by atoms with Crippen molar-refractivity contribution < 1.29 is 19.4 Å². The van der Waals surface area contributed by atoms with Crippen molar-refractivity contribution >= 4 is 28.0 Å². The van der Waals surface area contributed by atoms with Crippen LogP contribution in [0, 0.1) is 6.92 Å². The number of nitrogens with zero attached hydrogens (tertiary/aromatic N) is 2. The topological polar surface area (TPSA) is 71.9 Å². The number of carboxylic acid groups (broad SMARTS) is 1. The van der Waals surface area contributed by atoms with Gasteiger partial charge in [0.1, 0.15) is 5.75 Å². The summed E-state index contributed by atoms with van der Waals surface area (Å²) in [6.45, 7) is 6.03. The van der Waals surface area contributed by atoms with E-state index in [0.29, 0.717) is 13.0 Å². The predicted molar refractivity (Wildman–Crippen MR) is 119 cm³/mol. The van der Waals surface area contributed by atoms with Gasteiger partial charge in [-0.1, -0.05) is 18.2 Å². The Balaban J connectivity index is 1.39. The third-order valence-electron chi connectivity index (χ3n) is 5.63. The van der Waals surface area contributed by atoms with Gasteiger partial charge in [-0.25, -0.2) is 4.98 Å². The fraction of sp³-hybridized carbons (Fsp3) is 0.478. The van der Waals surface area contributed by atoms with Gasteiger partial charge in [0.15, 0.2) is 5.13 Å². The first-order valence-electron chi connectivity index (χ1n) is 10.6. The van der Waals surface area contributed by atoms with Crippen LogP contribution in [0.25, 0.3) is 5.57 Å². The number of aromatic nitrogens is 1. The zero-order chi connectivity index (χ0) is 20.9. The number of thiazole rings is 1. The Morgan fingerprint density at radius 2 is 2.13 bits per heavy atom. The molecule has 30 heavy (non-hydrogen) atoms. The number of allylic oxidation sites excluding steroid dienone is 2. The molecule has 6 nitrogen and oxygen atoms in total. The largest absolute Gasteiger partial charge is 0.493 e. The summed E-state index contributed by atoms with van der Waals surface area (Å²) in [5.74, 6) is 0.153. The van der Waals surface area contributed by atoms with Crippen LogP contribution in [0.5, 0.6) is 5.75 Å². The number of rotatable bonds is 8. The average molecular weight is 429 g/mol. The maximum atomic E-state index is 11.0. The van der Waals surface area contributed by atoms with Gasteiger partial charge < -0.3 is 19.5 Å². The maximum Gasteiger partial charge on any atom is 0.303 e. The highest BCUT2D eigenvalue weighted by Gasteiger charge is 2.19. The van der Waals surface area contributed by atoms with Gasteiger partial charge >= 0.3 is 5.97 Å². The average Bonchev–Trinajstić information content (AvgIpc) is 3.13. The second-order valence-electron chi connectivity index (χ2n) is 7.64. The minimum Gasteiger partial charge on any atom is -0.493 e. The van der Waals surface area contributed by atoms with Crippen LogP contribution in [-0.4, -0.2) is 49.0 Å². The first-order chi connectivity index (χ1) is 14.6. The lowest BCUT2D eigenvalue weighted by Gasteiger charge is -2.26. The van der Waals surface area contributed by atoms with Crippen LogP contribution in [-0.2, 0) is 22.4 Å². The molecule has 1 aromatic carbocycles. The number of fused-ring (bicyclic) bond motifs is 1. The molecule has 1 saturated heterocycles. The molecular formula is C23H28N2O4S. The summed E-state index contributed by atoms with van der Waals surface area (Å²) in [6.07, 6.45) is 5.52. The summed E-state index contributed by atoms with van der Waals surface area (Å²) in [5, 5.41) is 10.1. The van der Waals surface area contributed by atoms with Crippen molar-refractivity contribution in [3.05, 3.63) is 46.0 Å². The summed E-state index contributed by atoms with van der Waals surface area (Å²) in [4.78, 5) is 19.4. The number of benzene rings is 1. The van der Waals surface area contributed by atoms with E-state index in [2.05, 4.69) is 24.0 Å². The Labute approximate surface area is 181 Å². The second-order valence-corrected chi connectivity index (χ2v) is 8.82. The molecular weight excluding hydrogens is 400 g/mol. The zero-order valence-corrected chi connectivity index (χ0v) is 18.2. The standard InChI is InChI=1S/C23H28N2O4S/c1-16-20(24-23(30-16)25-11-14-28-15-12-25)10-13-29-21-7-3-5-18-17(8-9-22(26)27)4-2-6-19(18)21/h3-5,7H,2,6,8-15H2,1H3,(H,26,27). The first kappa shape index (κ1) is 20.9. The summed E-state index contributed by atoms with van der Waals surface area (Å²) in [5.41, 5.74) is 4.56. The SMILES string of the molecule is Cc1sc(N2CCOCC2)nc1CCOc1cccc2c1CCC=C2CCC(=O)O. The molecule has 2 aromatic rings. The number of hydrogen-bond acceptors (Lipinski definition) is 6. The van der Waals surface area contributed by atoms with Crippen LogP contribution < -0.4 is 9.64 Å². The Kier molecular flexibility index (Phi) is 6.69. The number of morpholine rings is 1. The molecule has 0 bridgehead atoms. The van der Waals surface area contributed by atoms with Crippen molar-refractivity contribution in [3.8, 4) is 5.75 Å². The fourth-order valence-corrected chi connectivity index (χ4v) is 5.04. The lowest BCUT2D eigenvalue weighted by Crippen LogP contribution is -2.36. The molecule has 1 aliphatic heterocycles. The van der Waals surface area contributed by atoms with E-state index in [4.69, 9.17) is 19.6 Å². The highest BCUT2D eigenvalue weighted by molar-refractivity contribution is 7.15. The van der Waals surface area contributed by atoms with Gasteiger partial charge in [-0.2, -0.15) is 0 Å². The molecule has 1 aromatic heterocycles. The molecule has 4 rings (SSSR count). The van der Waals surface area contributed by atoms with Crippen molar-refractivity contribution in [1.29, 1.82) is 0 Å². The van der Waals surface area contributed by atoms with Gasteiger partial charge in [0, 0.05) is 36.4 Å². The van der Waals surface area contributed by atoms with E-state index in [1.807, 2.05) is 12.1 Å². The Morgan fingerprint density at radius 3 is 2.93 bits per heavy atom. The monoisotopic (exact) mass is 428 g/mol. The van der Waals surface area contributed by atoms with Crippen molar-refractivity contribution in [2.24, 2.45) is 0 Å². The number of ether oxygens (including phenoxy) is 2. The van der Waals surface area contributed by atoms with Crippen LogP contribution in [0.3, 0.4) is 0 Å². The lowest BCUT2D eigenvalue weighted by molar-refractivity contribution is -0.136. The zero-order valence-electron chi connectivity index (χ0n) is 17.4. The molecule has 0 amide bonds. The van der Waals surface area contributed by atoms with E-state index in [-0.39, 0.29) is 6.42 Å². The number of aryl methyl sites for hydroxylation is 1. The third kappa shape index (κ3) is 4.84. The molecule has 160 valence electrons. The highest BCUT2D eigenvalue weighted by atomic mass is 32.1. The minimum atomic E-state index is -0.759. The molecule has 0 spiro atoms. The van der Waals surface area contributed by atoms with Crippen molar-refractivity contribution in [1.82, 2.24) is 4.98 Å². The van der Waals surface area contributed by atoms with E-state index in [1.54, 1.807) is 11.3 Å². The van der Waals surface area contributed by atoms with E-state index in [1.165, 1.54) is 10.4 Å². The first-order valence-corrected chi connectivity index (χ1v) is 11.4. The van der Waals surface area contributed by atoms with Gasteiger partial charge in [-0.3, -0.25) is 4.79 Å². The fourth-order valence-electron chi connectivity index (χ4n) is 4.03. The summed E-state index contributed by atoms with van der Waals surface area (Å²) >= 11 is 1.75. The van der Waals surface area contributed by atoms with Gasteiger partial charge in [0.2, 0.25) is 0 Å². The molecule has 0 unspecified atom stereocenters. The molecule has 7 heteroatoms. The second kappa shape index (κ2) is 9.62. The van der Waals surface area contributed by atoms with Gasteiger partial charge in [-0.05, 0) is 43.4 Å². The molecule has 0 atom stereocenters. The van der Waals surface area contributed by atoms with Crippen LogP contribution in [0.2, 0.25) is 0 Å². The predicted octanol–water partition coefficient (Wildman–Crippen LogP) is 4.10. The van der Waals surface area contributed by atoms with E-state index < -0.39 is 5.97 Å². The normalized spacial score (nSPS) is 16.2. The Bertz CT molecular complexity index is 931. The molecule has 2 heterocycles. The number of aliphatic carboxylic acids is 1. The molecule has 0 radical (unpaired) electrons. The number of hydrogen-bond donors (Lipinski definition) is 1. The molecule has 1 N–H and O–H groups in total. The van der Waals surface area contributed by atoms with Crippen LogP contribution in [0.1, 0.15) is 41.0 Å². The lowest BCUT2D eigenvalue weighted by atomic mass is 9.88. The smallest absolute Gasteiger partial charge is 0.303 e. The van der Waals surface area contributed by atoms with Crippen molar-refractivity contribution in [3.63, 3.8) is 0 Å². The van der Waals surface area contributed by atoms with E-state index in [0.717, 1.165) is 73.3 Å². The molecule has 1 fully saturated rings. The molecule has 0 saturated carbocycles. The van der Waals surface area contributed by atoms with Crippen LogP contribution in [0.4, 0.5) is 5.13 Å². The Hall–Kier alpha value is -2.38. The van der Waals surface area contributed by atoms with Gasteiger partial charge in [0.05, 0.1) is 25.5 Å². The maximum absolute atomic E-state index is 11.0. The summed E-state index contributed by atoms with van der Waals surface area (Å²) in [7, 11) is 0. The van der Waals surface area contributed by atoms with Crippen molar-refractivity contribution in [2.45, 2.75) is 39.0 Å².